The molecule has 0 aliphatic rings. The Hall–Kier alpha value is -1.21. The smallest absolute Gasteiger partial charge is 0.312 e. The van der Waals surface area contributed by atoms with Crippen LogP contribution in [0.1, 0.15) is 44.2 Å². The van der Waals surface area contributed by atoms with Crippen LogP contribution in [0.3, 0.4) is 0 Å². The summed E-state index contributed by atoms with van der Waals surface area (Å²) in [6.45, 7) is 2.03. The van der Waals surface area contributed by atoms with Crippen LogP contribution in [0.5, 0.6) is 0 Å². The molecular weight excluding hydrogens is 310 g/mol. The lowest BCUT2D eigenvalue weighted by atomic mass is 9.98. The normalized spacial score (nSPS) is 12.0. The first-order valence-corrected chi connectivity index (χ1v) is 9.07. The first kappa shape index (κ1) is 17.8. The number of aliphatic carboxylic acids is 2. The molecule has 0 saturated heterocycles. The van der Waals surface area contributed by atoms with E-state index in [4.69, 9.17) is 5.11 Å². The molecule has 0 aliphatic carbocycles. The Labute approximate surface area is 131 Å². The molecule has 5 nitrogen and oxygen atoms in total. The Kier molecular flexibility index (Phi) is 8.22. The second kappa shape index (κ2) is 9.68. The summed E-state index contributed by atoms with van der Waals surface area (Å²) in [6, 6.07) is 5.34. The zero-order valence-corrected chi connectivity index (χ0v) is 13.5. The van der Waals surface area contributed by atoms with Crippen molar-refractivity contribution < 1.29 is 19.8 Å². The Balaban J connectivity index is 2.64. The summed E-state index contributed by atoms with van der Waals surface area (Å²) in [5.41, 5.74) is 0.569. The van der Waals surface area contributed by atoms with Crippen LogP contribution in [-0.2, 0) is 9.59 Å². The first-order chi connectivity index (χ1) is 10.0. The number of pyridine rings is 1. The Bertz CT molecular complexity index is 482. The molecule has 116 valence electrons. The molecule has 0 aliphatic heterocycles. The third-order valence-electron chi connectivity index (χ3n) is 2.79. The molecule has 1 aromatic rings. The van der Waals surface area contributed by atoms with Crippen molar-refractivity contribution in [3.05, 3.63) is 23.9 Å². The van der Waals surface area contributed by atoms with Crippen LogP contribution in [0.2, 0.25) is 0 Å². The largest absolute Gasteiger partial charge is 0.481 e. The molecule has 1 rings (SSSR count). The lowest BCUT2D eigenvalue weighted by Gasteiger charge is -2.12. The minimum absolute atomic E-state index is 0.103. The monoisotopic (exact) mass is 329 g/mol. The minimum atomic E-state index is -0.850. The van der Waals surface area contributed by atoms with Gasteiger partial charge in [-0.2, -0.15) is 0 Å². The summed E-state index contributed by atoms with van der Waals surface area (Å²) in [4.78, 5) is 26.1. The van der Waals surface area contributed by atoms with E-state index in [1.54, 1.807) is 18.2 Å². The maximum atomic E-state index is 11.3. The highest BCUT2D eigenvalue weighted by molar-refractivity contribution is 8.76. The summed E-state index contributed by atoms with van der Waals surface area (Å²) >= 11 is 0. The zero-order valence-electron chi connectivity index (χ0n) is 11.8. The SMILES string of the molecule is CCCCC(C(=O)O)c1cccc(SSCCC(=O)O)n1. The van der Waals surface area contributed by atoms with Gasteiger partial charge >= 0.3 is 11.9 Å². The lowest BCUT2D eigenvalue weighted by Crippen LogP contribution is -2.13. The van der Waals surface area contributed by atoms with Gasteiger partial charge in [0.15, 0.2) is 0 Å². The van der Waals surface area contributed by atoms with Gasteiger partial charge in [0.1, 0.15) is 5.03 Å². The van der Waals surface area contributed by atoms with Gasteiger partial charge in [-0.25, -0.2) is 4.98 Å². The fraction of sp³-hybridized carbons (Fsp3) is 0.500. The van der Waals surface area contributed by atoms with Gasteiger partial charge in [-0.05, 0) is 29.3 Å². The van der Waals surface area contributed by atoms with E-state index in [9.17, 15) is 14.7 Å². The first-order valence-electron chi connectivity index (χ1n) is 6.75. The lowest BCUT2D eigenvalue weighted by molar-refractivity contribution is -0.139. The average Bonchev–Trinajstić information content (AvgIpc) is 2.44. The van der Waals surface area contributed by atoms with E-state index < -0.39 is 17.9 Å². The van der Waals surface area contributed by atoms with Gasteiger partial charge < -0.3 is 10.2 Å². The van der Waals surface area contributed by atoms with Crippen molar-refractivity contribution in [2.75, 3.05) is 5.75 Å². The highest BCUT2D eigenvalue weighted by Crippen LogP contribution is 2.31. The predicted octanol–water partition coefficient (Wildman–Crippen LogP) is 3.66. The zero-order chi connectivity index (χ0) is 15.7. The molecule has 0 amide bonds. The number of carboxylic acid groups (broad SMARTS) is 2. The van der Waals surface area contributed by atoms with Gasteiger partial charge in [-0.1, -0.05) is 36.6 Å². The molecule has 2 N–H and O–H groups in total. The average molecular weight is 329 g/mol. The number of hydrogen-bond acceptors (Lipinski definition) is 5. The van der Waals surface area contributed by atoms with Crippen molar-refractivity contribution in [2.45, 2.75) is 43.6 Å². The van der Waals surface area contributed by atoms with Crippen LogP contribution in [0.4, 0.5) is 0 Å². The van der Waals surface area contributed by atoms with Crippen molar-refractivity contribution in [1.29, 1.82) is 0 Å². The van der Waals surface area contributed by atoms with Gasteiger partial charge in [0.2, 0.25) is 0 Å². The van der Waals surface area contributed by atoms with E-state index >= 15 is 0 Å². The van der Waals surface area contributed by atoms with Crippen molar-refractivity contribution >= 4 is 33.5 Å². The number of hydrogen-bond donors (Lipinski definition) is 2. The van der Waals surface area contributed by atoms with E-state index in [1.807, 2.05) is 6.92 Å². The van der Waals surface area contributed by atoms with Gasteiger partial charge in [-0.3, -0.25) is 9.59 Å². The highest BCUT2D eigenvalue weighted by atomic mass is 33.1. The van der Waals surface area contributed by atoms with Crippen LogP contribution < -0.4 is 0 Å². The molecule has 0 saturated carbocycles. The fourth-order valence-corrected chi connectivity index (χ4v) is 3.59. The Morgan fingerprint density at radius 1 is 1.33 bits per heavy atom. The van der Waals surface area contributed by atoms with Gasteiger partial charge in [0.25, 0.3) is 0 Å². The maximum Gasteiger partial charge on any atom is 0.312 e. The summed E-state index contributed by atoms with van der Waals surface area (Å²) in [7, 11) is 2.79. The minimum Gasteiger partial charge on any atom is -0.481 e. The second-order valence-corrected chi connectivity index (χ2v) is 6.92. The summed E-state index contributed by atoms with van der Waals surface area (Å²) in [5.74, 6) is -1.76. The fourth-order valence-electron chi connectivity index (χ4n) is 1.71. The quantitative estimate of drug-likeness (QED) is 0.500. The van der Waals surface area contributed by atoms with E-state index in [-0.39, 0.29) is 6.42 Å². The van der Waals surface area contributed by atoms with Crippen LogP contribution in [0.25, 0.3) is 0 Å². The Morgan fingerprint density at radius 3 is 2.71 bits per heavy atom. The maximum absolute atomic E-state index is 11.3. The van der Waals surface area contributed by atoms with E-state index in [0.717, 1.165) is 12.8 Å². The van der Waals surface area contributed by atoms with Crippen LogP contribution >= 0.6 is 21.6 Å². The third kappa shape index (κ3) is 6.86. The number of carbonyl (C=O) groups is 2. The summed E-state index contributed by atoms with van der Waals surface area (Å²) < 4.78 is 0. The molecule has 0 bridgehead atoms. The van der Waals surface area contributed by atoms with Gasteiger partial charge in [0, 0.05) is 5.75 Å². The highest BCUT2D eigenvalue weighted by Gasteiger charge is 2.20. The van der Waals surface area contributed by atoms with Crippen molar-refractivity contribution in [3.8, 4) is 0 Å². The van der Waals surface area contributed by atoms with Crippen LogP contribution in [-0.4, -0.2) is 32.9 Å². The molecule has 0 radical (unpaired) electrons. The number of unbranched alkanes of at least 4 members (excludes halogenated alkanes) is 1. The van der Waals surface area contributed by atoms with Gasteiger partial charge in [-0.15, -0.1) is 0 Å². The third-order valence-corrected chi connectivity index (χ3v) is 5.04. The molecule has 1 aromatic heterocycles. The Morgan fingerprint density at radius 2 is 2.10 bits per heavy atom. The number of aromatic nitrogens is 1. The number of nitrogens with zero attached hydrogens (tertiary/aromatic N) is 1. The van der Waals surface area contributed by atoms with Crippen LogP contribution in [0.15, 0.2) is 23.2 Å². The molecule has 7 heteroatoms. The van der Waals surface area contributed by atoms with Gasteiger partial charge in [0.05, 0.1) is 18.0 Å². The molecule has 1 unspecified atom stereocenters. The molecular formula is C14H19NO4S2. The second-order valence-electron chi connectivity index (χ2n) is 4.48. The van der Waals surface area contributed by atoms with E-state index in [1.165, 1.54) is 21.6 Å². The number of rotatable bonds is 10. The standard InChI is InChI=1S/C14H19NO4S2/c1-2-3-5-10(14(18)19)11-6-4-7-12(15-11)21-20-9-8-13(16)17/h4,6-7,10H,2-3,5,8-9H2,1H3,(H,16,17)(H,18,19). The topological polar surface area (TPSA) is 87.5 Å². The van der Waals surface area contributed by atoms with Crippen LogP contribution in [0, 0.1) is 0 Å². The summed E-state index contributed by atoms with van der Waals surface area (Å²) in [6.07, 6.45) is 2.48. The van der Waals surface area contributed by atoms with Crippen molar-refractivity contribution in [2.24, 2.45) is 0 Å². The molecule has 0 fully saturated rings. The van der Waals surface area contributed by atoms with Crippen molar-refractivity contribution in [1.82, 2.24) is 4.98 Å². The van der Waals surface area contributed by atoms with E-state index in [2.05, 4.69) is 4.98 Å². The number of carboxylic acids is 2. The molecule has 0 aromatic carbocycles. The molecule has 1 heterocycles. The molecule has 21 heavy (non-hydrogen) atoms. The molecule has 1 atom stereocenters. The van der Waals surface area contributed by atoms with Crippen molar-refractivity contribution in [3.63, 3.8) is 0 Å². The molecule has 0 spiro atoms. The predicted molar refractivity (Wildman–Crippen MR) is 84.7 cm³/mol. The van der Waals surface area contributed by atoms with E-state index in [0.29, 0.717) is 22.9 Å². The summed E-state index contributed by atoms with van der Waals surface area (Å²) in [5, 5.41) is 18.6.